The minimum absolute atomic E-state index is 1.12. The molecule has 0 aliphatic rings. The molecule has 0 radical (unpaired) electrons. The normalized spacial score (nSPS) is 11.7. The summed E-state index contributed by atoms with van der Waals surface area (Å²) in [6.07, 6.45) is 0. The molecular weight excluding hydrogens is 613 g/mol. The summed E-state index contributed by atoms with van der Waals surface area (Å²) in [5.74, 6) is 0. The molecule has 49 heavy (non-hydrogen) atoms. The van der Waals surface area contributed by atoms with E-state index in [1.807, 2.05) is 11.3 Å². The molecule has 0 saturated heterocycles. The molecule has 230 valence electrons. The number of rotatable bonds is 5. The SMILES string of the molecule is c1ccc(N(c2ccc(-c3cc(-n4c5ccccc5c5ccccc54)cc4c3sc3ccccc34)cc2)c2cccc3ccccc23)cc1. The van der Waals surface area contributed by atoms with Gasteiger partial charge in [0.1, 0.15) is 0 Å². The molecule has 8 aromatic carbocycles. The highest BCUT2D eigenvalue weighted by molar-refractivity contribution is 7.26. The highest BCUT2D eigenvalue weighted by atomic mass is 32.1. The number of para-hydroxylation sites is 3. The molecule has 3 heteroatoms. The van der Waals surface area contributed by atoms with Gasteiger partial charge >= 0.3 is 0 Å². The summed E-state index contributed by atoms with van der Waals surface area (Å²) in [6, 6.07) is 66.1. The zero-order chi connectivity index (χ0) is 32.3. The van der Waals surface area contributed by atoms with Gasteiger partial charge in [-0.25, -0.2) is 0 Å². The van der Waals surface area contributed by atoms with Crippen LogP contribution in [0.15, 0.2) is 182 Å². The third-order valence-corrected chi connectivity index (χ3v) is 11.0. The summed E-state index contributed by atoms with van der Waals surface area (Å²) in [6.45, 7) is 0. The first-order valence-electron chi connectivity index (χ1n) is 16.7. The Hall–Kier alpha value is -6.16. The van der Waals surface area contributed by atoms with Crippen LogP contribution in [0.4, 0.5) is 17.1 Å². The molecule has 0 aliphatic carbocycles. The highest BCUT2D eigenvalue weighted by Gasteiger charge is 2.19. The Morgan fingerprint density at radius 2 is 1.02 bits per heavy atom. The van der Waals surface area contributed by atoms with Gasteiger partial charge in [0, 0.05) is 59.0 Å². The molecule has 2 heterocycles. The Morgan fingerprint density at radius 3 is 1.78 bits per heavy atom. The minimum atomic E-state index is 1.12. The van der Waals surface area contributed by atoms with Crippen LogP contribution in [0.25, 0.3) is 69.6 Å². The third-order valence-electron chi connectivity index (χ3n) is 9.76. The van der Waals surface area contributed by atoms with Crippen molar-refractivity contribution in [1.29, 1.82) is 0 Å². The number of anilines is 3. The molecule has 10 aromatic rings. The van der Waals surface area contributed by atoms with Crippen LogP contribution in [0, 0.1) is 0 Å². The number of benzene rings is 8. The first-order chi connectivity index (χ1) is 24.3. The van der Waals surface area contributed by atoms with Gasteiger partial charge in [-0.3, -0.25) is 0 Å². The van der Waals surface area contributed by atoms with E-state index < -0.39 is 0 Å². The lowest BCUT2D eigenvalue weighted by molar-refractivity contribution is 1.19. The van der Waals surface area contributed by atoms with Gasteiger partial charge in [-0.05, 0) is 71.6 Å². The van der Waals surface area contributed by atoms with Gasteiger partial charge in [0.2, 0.25) is 0 Å². The average molecular weight is 643 g/mol. The molecule has 0 aliphatic heterocycles. The fraction of sp³-hybridized carbons (Fsp3) is 0. The monoisotopic (exact) mass is 642 g/mol. The molecule has 0 fully saturated rings. The van der Waals surface area contributed by atoms with Crippen molar-refractivity contribution < 1.29 is 0 Å². The van der Waals surface area contributed by atoms with Crippen LogP contribution in [-0.4, -0.2) is 4.57 Å². The van der Waals surface area contributed by atoms with Crippen molar-refractivity contribution in [3.8, 4) is 16.8 Å². The minimum Gasteiger partial charge on any atom is -0.310 e. The van der Waals surface area contributed by atoms with E-state index in [1.54, 1.807) is 0 Å². The summed E-state index contributed by atoms with van der Waals surface area (Å²) in [4.78, 5) is 2.37. The molecule has 0 bridgehead atoms. The fourth-order valence-electron chi connectivity index (χ4n) is 7.55. The van der Waals surface area contributed by atoms with Crippen LogP contribution in [0.3, 0.4) is 0 Å². The van der Waals surface area contributed by atoms with E-state index in [-0.39, 0.29) is 0 Å². The lowest BCUT2D eigenvalue weighted by Crippen LogP contribution is -2.10. The summed E-state index contributed by atoms with van der Waals surface area (Å²) in [7, 11) is 0. The Kier molecular flexibility index (Phi) is 6.39. The standard InChI is InChI=1S/C46H30N2S/c1-2-15-33(16-3-1)47(42-23-12-14-31-13-4-5-17-36(31)42)34-27-25-32(26-28-34)40-29-35(30-41-39-20-8-11-24-45(39)49-46(40)41)48-43-21-9-6-18-37(43)38-19-7-10-22-44(38)48/h1-30H. The first-order valence-corrected chi connectivity index (χ1v) is 17.5. The molecule has 0 unspecified atom stereocenters. The predicted octanol–water partition coefficient (Wildman–Crippen LogP) is 13.4. The second-order valence-corrected chi connectivity index (χ2v) is 13.6. The maximum Gasteiger partial charge on any atom is 0.0541 e. The first kappa shape index (κ1) is 27.9. The molecule has 2 aromatic heterocycles. The molecule has 0 N–H and O–H groups in total. The molecule has 0 atom stereocenters. The van der Waals surface area contributed by atoms with Crippen molar-refractivity contribution in [3.05, 3.63) is 182 Å². The average Bonchev–Trinajstić information content (AvgIpc) is 3.71. The van der Waals surface area contributed by atoms with Gasteiger partial charge < -0.3 is 9.47 Å². The quantitative estimate of drug-likeness (QED) is 0.181. The van der Waals surface area contributed by atoms with Crippen molar-refractivity contribution >= 4 is 81.1 Å². The van der Waals surface area contributed by atoms with Crippen LogP contribution in [-0.2, 0) is 0 Å². The van der Waals surface area contributed by atoms with Crippen LogP contribution < -0.4 is 4.90 Å². The maximum absolute atomic E-state index is 2.44. The largest absolute Gasteiger partial charge is 0.310 e. The third kappa shape index (κ3) is 4.47. The van der Waals surface area contributed by atoms with Crippen LogP contribution in [0.2, 0.25) is 0 Å². The Bertz CT molecular complexity index is 2770. The van der Waals surface area contributed by atoms with E-state index in [0.29, 0.717) is 0 Å². The number of fused-ring (bicyclic) bond motifs is 7. The number of nitrogens with zero attached hydrogens (tertiary/aromatic N) is 2. The van der Waals surface area contributed by atoms with Gasteiger partial charge in [-0.2, -0.15) is 0 Å². The van der Waals surface area contributed by atoms with Crippen molar-refractivity contribution in [2.45, 2.75) is 0 Å². The zero-order valence-corrected chi connectivity index (χ0v) is 27.4. The van der Waals surface area contributed by atoms with E-state index in [9.17, 15) is 0 Å². The zero-order valence-electron chi connectivity index (χ0n) is 26.6. The smallest absolute Gasteiger partial charge is 0.0541 e. The summed E-state index contributed by atoms with van der Waals surface area (Å²) in [5, 5.41) is 7.59. The van der Waals surface area contributed by atoms with Crippen LogP contribution >= 0.6 is 11.3 Å². The van der Waals surface area contributed by atoms with Crippen molar-refractivity contribution in [2.24, 2.45) is 0 Å². The van der Waals surface area contributed by atoms with Crippen molar-refractivity contribution in [2.75, 3.05) is 4.90 Å². The summed E-state index contributed by atoms with van der Waals surface area (Å²) >= 11 is 1.88. The second-order valence-electron chi connectivity index (χ2n) is 12.6. The molecule has 2 nitrogen and oxygen atoms in total. The van der Waals surface area contributed by atoms with Gasteiger partial charge in [0.25, 0.3) is 0 Å². The molecule has 0 spiro atoms. The Balaban J connectivity index is 1.19. The van der Waals surface area contributed by atoms with E-state index in [1.165, 1.54) is 69.6 Å². The Labute approximate surface area is 288 Å². The van der Waals surface area contributed by atoms with Gasteiger partial charge in [-0.15, -0.1) is 11.3 Å². The van der Waals surface area contributed by atoms with Gasteiger partial charge in [0.15, 0.2) is 0 Å². The van der Waals surface area contributed by atoms with E-state index >= 15 is 0 Å². The summed E-state index contributed by atoms with van der Waals surface area (Å²) in [5.41, 5.74) is 9.48. The number of hydrogen-bond donors (Lipinski definition) is 0. The van der Waals surface area contributed by atoms with Crippen molar-refractivity contribution in [3.63, 3.8) is 0 Å². The lowest BCUT2D eigenvalue weighted by atomic mass is 10.0. The number of thiophene rings is 1. The molecule has 10 rings (SSSR count). The second kappa shape index (κ2) is 11.2. The van der Waals surface area contributed by atoms with E-state index in [0.717, 1.165) is 17.1 Å². The number of aromatic nitrogens is 1. The predicted molar refractivity (Wildman–Crippen MR) is 211 cm³/mol. The van der Waals surface area contributed by atoms with Crippen molar-refractivity contribution in [1.82, 2.24) is 4.57 Å². The molecular formula is C46H30N2S. The lowest BCUT2D eigenvalue weighted by Gasteiger charge is -2.27. The fourth-order valence-corrected chi connectivity index (χ4v) is 8.77. The number of hydrogen-bond acceptors (Lipinski definition) is 2. The topological polar surface area (TPSA) is 8.17 Å². The summed E-state index contributed by atoms with van der Waals surface area (Å²) < 4.78 is 5.06. The maximum atomic E-state index is 2.44. The molecule has 0 amide bonds. The van der Waals surface area contributed by atoms with Gasteiger partial charge in [-0.1, -0.05) is 121 Å². The van der Waals surface area contributed by atoms with E-state index in [4.69, 9.17) is 0 Å². The highest BCUT2D eigenvalue weighted by Crippen LogP contribution is 2.44. The van der Waals surface area contributed by atoms with E-state index in [2.05, 4.69) is 191 Å². The van der Waals surface area contributed by atoms with Crippen LogP contribution in [0.5, 0.6) is 0 Å². The Morgan fingerprint density at radius 1 is 0.429 bits per heavy atom. The van der Waals surface area contributed by atoms with Gasteiger partial charge in [0.05, 0.1) is 16.7 Å². The molecule has 0 saturated carbocycles. The van der Waals surface area contributed by atoms with Crippen LogP contribution in [0.1, 0.15) is 0 Å².